The molecular formula is C21H24N2O2S. The van der Waals surface area contributed by atoms with Crippen LogP contribution in [-0.4, -0.2) is 25.6 Å². The number of hydrogen-bond donors (Lipinski definition) is 1. The van der Waals surface area contributed by atoms with Crippen molar-refractivity contribution in [1.29, 1.82) is 0 Å². The SMILES string of the molecule is COc1ccc2c(c1)-c1ccccc1SN2CC(=O)NC1CCCCC1. The Labute approximate surface area is 159 Å². The highest BCUT2D eigenvalue weighted by molar-refractivity contribution is 8.01. The van der Waals surface area contributed by atoms with E-state index in [1.807, 2.05) is 24.3 Å². The number of ether oxygens (including phenoxy) is 1. The van der Waals surface area contributed by atoms with Crippen LogP contribution in [-0.2, 0) is 4.79 Å². The van der Waals surface area contributed by atoms with Crippen LogP contribution in [0.15, 0.2) is 47.4 Å². The Morgan fingerprint density at radius 3 is 2.77 bits per heavy atom. The van der Waals surface area contributed by atoms with Crippen molar-refractivity contribution in [2.45, 2.75) is 43.0 Å². The van der Waals surface area contributed by atoms with Gasteiger partial charge in [-0.2, -0.15) is 0 Å². The predicted molar refractivity (Wildman–Crippen MR) is 107 cm³/mol. The summed E-state index contributed by atoms with van der Waals surface area (Å²) in [4.78, 5) is 13.8. The van der Waals surface area contributed by atoms with Crippen LogP contribution in [0.2, 0.25) is 0 Å². The number of nitrogens with zero attached hydrogens (tertiary/aromatic N) is 1. The van der Waals surface area contributed by atoms with E-state index in [1.54, 1.807) is 19.1 Å². The van der Waals surface area contributed by atoms with E-state index < -0.39 is 0 Å². The van der Waals surface area contributed by atoms with Gasteiger partial charge in [-0.05, 0) is 54.6 Å². The standard InChI is InChI=1S/C21H24N2O2S/c1-25-16-11-12-19-18(13-16)17-9-5-6-10-20(17)26-23(19)14-21(24)22-15-7-3-2-4-8-15/h5-6,9-13,15H,2-4,7-8,14H2,1H3,(H,22,24). The number of benzene rings is 2. The summed E-state index contributed by atoms with van der Waals surface area (Å²) in [5.74, 6) is 0.933. The Morgan fingerprint density at radius 1 is 1.15 bits per heavy atom. The minimum atomic E-state index is 0.102. The summed E-state index contributed by atoms with van der Waals surface area (Å²) in [6.07, 6.45) is 5.95. The third-order valence-electron chi connectivity index (χ3n) is 5.12. The average molecular weight is 369 g/mol. The fraction of sp³-hybridized carbons (Fsp3) is 0.381. The van der Waals surface area contributed by atoms with Crippen LogP contribution in [0.3, 0.4) is 0 Å². The highest BCUT2D eigenvalue weighted by Gasteiger charge is 2.26. The molecule has 2 aliphatic rings. The summed E-state index contributed by atoms with van der Waals surface area (Å²) < 4.78 is 7.50. The largest absolute Gasteiger partial charge is 0.497 e. The van der Waals surface area contributed by atoms with E-state index in [0.717, 1.165) is 29.8 Å². The molecule has 0 bridgehead atoms. The van der Waals surface area contributed by atoms with Gasteiger partial charge in [-0.1, -0.05) is 37.5 Å². The summed E-state index contributed by atoms with van der Waals surface area (Å²) in [5, 5.41) is 3.22. The maximum Gasteiger partial charge on any atom is 0.240 e. The lowest BCUT2D eigenvalue weighted by Crippen LogP contribution is -2.41. The Balaban J connectivity index is 1.57. The normalized spacial score (nSPS) is 16.6. The first-order valence-corrected chi connectivity index (χ1v) is 10.0. The molecule has 2 aromatic rings. The second-order valence-corrected chi connectivity index (χ2v) is 7.97. The van der Waals surface area contributed by atoms with Crippen molar-refractivity contribution in [2.75, 3.05) is 18.0 Å². The van der Waals surface area contributed by atoms with Crippen LogP contribution >= 0.6 is 11.9 Å². The molecular weight excluding hydrogens is 344 g/mol. The molecule has 0 saturated heterocycles. The number of fused-ring (bicyclic) bond motifs is 3. The molecule has 26 heavy (non-hydrogen) atoms. The van der Waals surface area contributed by atoms with Crippen LogP contribution in [0, 0.1) is 0 Å². The molecule has 1 fully saturated rings. The Morgan fingerprint density at radius 2 is 1.96 bits per heavy atom. The average Bonchev–Trinajstić information content (AvgIpc) is 2.68. The molecule has 0 unspecified atom stereocenters. The van der Waals surface area contributed by atoms with Gasteiger partial charge in [-0.3, -0.25) is 4.79 Å². The molecule has 4 nitrogen and oxygen atoms in total. The first kappa shape index (κ1) is 17.3. The molecule has 5 heteroatoms. The smallest absolute Gasteiger partial charge is 0.240 e. The van der Waals surface area contributed by atoms with E-state index in [1.165, 1.54) is 29.7 Å². The summed E-state index contributed by atoms with van der Waals surface area (Å²) in [7, 11) is 1.68. The topological polar surface area (TPSA) is 41.6 Å². The first-order chi connectivity index (χ1) is 12.7. The van der Waals surface area contributed by atoms with Crippen molar-refractivity contribution in [3.63, 3.8) is 0 Å². The van der Waals surface area contributed by atoms with Gasteiger partial charge < -0.3 is 14.4 Å². The van der Waals surface area contributed by atoms with E-state index in [-0.39, 0.29) is 5.91 Å². The van der Waals surface area contributed by atoms with Crippen LogP contribution in [0.5, 0.6) is 5.75 Å². The van der Waals surface area contributed by atoms with Crippen molar-refractivity contribution in [1.82, 2.24) is 5.32 Å². The monoisotopic (exact) mass is 368 g/mol. The fourth-order valence-electron chi connectivity index (χ4n) is 3.78. The quantitative estimate of drug-likeness (QED) is 0.799. The molecule has 0 radical (unpaired) electrons. The van der Waals surface area contributed by atoms with Gasteiger partial charge in [0.05, 0.1) is 12.8 Å². The number of methoxy groups -OCH3 is 1. The number of carbonyl (C=O) groups excluding carboxylic acids is 1. The molecule has 0 spiro atoms. The van der Waals surface area contributed by atoms with Crippen LogP contribution < -0.4 is 14.4 Å². The van der Waals surface area contributed by atoms with E-state index in [9.17, 15) is 4.79 Å². The number of carbonyl (C=O) groups is 1. The van der Waals surface area contributed by atoms with Crippen molar-refractivity contribution < 1.29 is 9.53 Å². The van der Waals surface area contributed by atoms with Gasteiger partial charge in [0, 0.05) is 16.5 Å². The van der Waals surface area contributed by atoms with E-state index in [4.69, 9.17) is 4.74 Å². The van der Waals surface area contributed by atoms with Crippen molar-refractivity contribution in [3.05, 3.63) is 42.5 Å². The number of nitrogens with one attached hydrogen (secondary N) is 1. The molecule has 4 rings (SSSR count). The van der Waals surface area contributed by atoms with Crippen molar-refractivity contribution in [2.24, 2.45) is 0 Å². The molecule has 1 aliphatic heterocycles. The summed E-state index contributed by atoms with van der Waals surface area (Å²) in [6.45, 7) is 0.356. The lowest BCUT2D eigenvalue weighted by atomic mass is 9.95. The Hall–Kier alpha value is -2.14. The molecule has 1 heterocycles. The molecule has 2 aromatic carbocycles. The zero-order valence-electron chi connectivity index (χ0n) is 15.0. The molecule has 1 aliphatic carbocycles. The van der Waals surface area contributed by atoms with Crippen LogP contribution in [0.25, 0.3) is 11.1 Å². The van der Waals surface area contributed by atoms with Crippen LogP contribution in [0.1, 0.15) is 32.1 Å². The maximum atomic E-state index is 12.6. The molecule has 0 aromatic heterocycles. The number of rotatable bonds is 4. The lowest BCUT2D eigenvalue weighted by molar-refractivity contribution is -0.120. The maximum absolute atomic E-state index is 12.6. The van der Waals surface area contributed by atoms with Gasteiger partial charge in [0.2, 0.25) is 5.91 Å². The van der Waals surface area contributed by atoms with Crippen molar-refractivity contribution in [3.8, 4) is 16.9 Å². The number of anilines is 1. The summed E-state index contributed by atoms with van der Waals surface area (Å²) >= 11 is 1.64. The zero-order chi connectivity index (χ0) is 17.9. The second-order valence-electron chi connectivity index (χ2n) is 6.91. The number of amides is 1. The van der Waals surface area contributed by atoms with Crippen molar-refractivity contribution >= 4 is 23.5 Å². The van der Waals surface area contributed by atoms with Gasteiger partial charge in [-0.25, -0.2) is 0 Å². The highest BCUT2D eigenvalue weighted by atomic mass is 32.2. The minimum absolute atomic E-state index is 0.102. The predicted octanol–water partition coefficient (Wildman–Crippen LogP) is 4.64. The second kappa shape index (κ2) is 7.62. The van der Waals surface area contributed by atoms with Crippen LogP contribution in [0.4, 0.5) is 5.69 Å². The first-order valence-electron chi connectivity index (χ1n) is 9.27. The van der Waals surface area contributed by atoms with E-state index >= 15 is 0 Å². The van der Waals surface area contributed by atoms with Gasteiger partial charge in [0.15, 0.2) is 0 Å². The Kier molecular flexibility index (Phi) is 5.07. The number of hydrogen-bond acceptors (Lipinski definition) is 4. The van der Waals surface area contributed by atoms with Gasteiger partial charge in [-0.15, -0.1) is 0 Å². The van der Waals surface area contributed by atoms with Gasteiger partial charge in [0.1, 0.15) is 12.3 Å². The fourth-order valence-corrected chi connectivity index (χ4v) is 4.87. The zero-order valence-corrected chi connectivity index (χ0v) is 15.8. The molecule has 0 atom stereocenters. The molecule has 1 N–H and O–H groups in total. The lowest BCUT2D eigenvalue weighted by Gasteiger charge is -2.32. The minimum Gasteiger partial charge on any atom is -0.497 e. The third-order valence-corrected chi connectivity index (χ3v) is 6.21. The third kappa shape index (κ3) is 3.54. The van der Waals surface area contributed by atoms with E-state index in [0.29, 0.717) is 12.6 Å². The van der Waals surface area contributed by atoms with Gasteiger partial charge >= 0.3 is 0 Å². The summed E-state index contributed by atoms with van der Waals surface area (Å²) in [5.41, 5.74) is 3.37. The summed E-state index contributed by atoms with van der Waals surface area (Å²) in [6, 6.07) is 14.7. The molecule has 1 saturated carbocycles. The molecule has 136 valence electrons. The highest BCUT2D eigenvalue weighted by Crippen LogP contribution is 2.47. The Bertz CT molecular complexity index is 802. The van der Waals surface area contributed by atoms with E-state index in [2.05, 4.69) is 27.8 Å². The molecule has 1 amide bonds. The van der Waals surface area contributed by atoms with Gasteiger partial charge in [0.25, 0.3) is 0 Å².